The number of anilines is 1. The molecule has 0 spiro atoms. The largest absolute Gasteiger partial charge is 0.364 e. The van der Waals surface area contributed by atoms with Crippen LogP contribution in [0.2, 0.25) is 0 Å². The van der Waals surface area contributed by atoms with Crippen molar-refractivity contribution >= 4 is 33.4 Å². The number of rotatable bonds is 7. The SMILES string of the molecule is Cc1cc(Br)ccc1NC(=O)CN(C)C(=O)C(C)OCc1ccccc1. The van der Waals surface area contributed by atoms with Gasteiger partial charge in [0.15, 0.2) is 0 Å². The Balaban J connectivity index is 1.84. The summed E-state index contributed by atoms with van der Waals surface area (Å²) in [5.74, 6) is -0.481. The fourth-order valence-electron chi connectivity index (χ4n) is 2.43. The first-order valence-corrected chi connectivity index (χ1v) is 9.12. The smallest absolute Gasteiger partial charge is 0.251 e. The van der Waals surface area contributed by atoms with E-state index < -0.39 is 6.10 Å². The van der Waals surface area contributed by atoms with Crippen molar-refractivity contribution in [2.45, 2.75) is 26.6 Å². The van der Waals surface area contributed by atoms with Gasteiger partial charge in [-0.15, -0.1) is 0 Å². The van der Waals surface area contributed by atoms with Gasteiger partial charge in [-0.05, 0) is 43.2 Å². The van der Waals surface area contributed by atoms with Crippen molar-refractivity contribution in [2.24, 2.45) is 0 Å². The molecule has 0 fully saturated rings. The lowest BCUT2D eigenvalue weighted by molar-refractivity contribution is -0.143. The Labute approximate surface area is 162 Å². The highest BCUT2D eigenvalue weighted by atomic mass is 79.9. The van der Waals surface area contributed by atoms with Crippen LogP contribution >= 0.6 is 15.9 Å². The van der Waals surface area contributed by atoms with Gasteiger partial charge >= 0.3 is 0 Å². The molecule has 0 aromatic heterocycles. The van der Waals surface area contributed by atoms with E-state index in [-0.39, 0.29) is 18.4 Å². The maximum Gasteiger partial charge on any atom is 0.251 e. The number of hydrogen-bond donors (Lipinski definition) is 1. The summed E-state index contributed by atoms with van der Waals surface area (Å²) in [6.07, 6.45) is -0.623. The van der Waals surface area contributed by atoms with Gasteiger partial charge in [-0.2, -0.15) is 0 Å². The van der Waals surface area contributed by atoms with Crippen LogP contribution < -0.4 is 5.32 Å². The Kier molecular flexibility index (Phi) is 7.36. The Morgan fingerprint density at radius 3 is 2.54 bits per heavy atom. The number of halogens is 1. The maximum atomic E-state index is 12.4. The lowest BCUT2D eigenvalue weighted by atomic mass is 10.2. The second kappa shape index (κ2) is 9.50. The standard InChI is InChI=1S/C20H23BrN2O3/c1-14-11-17(21)9-10-18(14)22-19(24)12-23(3)20(25)15(2)26-13-16-7-5-4-6-8-16/h4-11,15H,12-13H2,1-3H3,(H,22,24). The Morgan fingerprint density at radius 1 is 1.19 bits per heavy atom. The van der Waals surface area contributed by atoms with Gasteiger partial charge in [0.2, 0.25) is 5.91 Å². The van der Waals surface area contributed by atoms with Crippen molar-refractivity contribution in [3.63, 3.8) is 0 Å². The summed E-state index contributed by atoms with van der Waals surface area (Å²) in [5, 5.41) is 2.83. The Bertz CT molecular complexity index is 765. The number of aryl methyl sites for hydroxylation is 1. The van der Waals surface area contributed by atoms with E-state index in [2.05, 4.69) is 21.2 Å². The third-order valence-electron chi connectivity index (χ3n) is 3.91. The number of nitrogens with zero attached hydrogens (tertiary/aromatic N) is 1. The van der Waals surface area contributed by atoms with Gasteiger partial charge in [-0.3, -0.25) is 9.59 Å². The van der Waals surface area contributed by atoms with Crippen molar-refractivity contribution in [3.8, 4) is 0 Å². The van der Waals surface area contributed by atoms with Crippen LogP contribution in [0.15, 0.2) is 53.0 Å². The molecular weight excluding hydrogens is 396 g/mol. The summed E-state index contributed by atoms with van der Waals surface area (Å²) in [7, 11) is 1.60. The maximum absolute atomic E-state index is 12.4. The van der Waals surface area contributed by atoms with E-state index in [1.807, 2.05) is 55.5 Å². The summed E-state index contributed by atoms with van der Waals surface area (Å²) < 4.78 is 6.56. The summed E-state index contributed by atoms with van der Waals surface area (Å²) in [6.45, 7) is 3.92. The van der Waals surface area contributed by atoms with Gasteiger partial charge in [0, 0.05) is 17.2 Å². The molecule has 26 heavy (non-hydrogen) atoms. The zero-order chi connectivity index (χ0) is 19.1. The van der Waals surface area contributed by atoms with E-state index in [1.165, 1.54) is 4.90 Å². The molecule has 5 nitrogen and oxygen atoms in total. The molecule has 0 aliphatic rings. The predicted molar refractivity (Wildman–Crippen MR) is 106 cm³/mol. The van der Waals surface area contributed by atoms with Crippen molar-refractivity contribution in [1.29, 1.82) is 0 Å². The molecule has 2 rings (SSSR count). The molecule has 2 aromatic rings. The molecule has 0 saturated carbocycles. The first kappa shape index (κ1) is 20.1. The number of likely N-dealkylation sites (N-methyl/N-ethyl adjacent to an activating group) is 1. The molecule has 1 unspecified atom stereocenters. The van der Waals surface area contributed by atoms with Crippen LogP contribution in [0, 0.1) is 6.92 Å². The molecule has 138 valence electrons. The minimum absolute atomic E-state index is 0.0344. The summed E-state index contributed by atoms with van der Waals surface area (Å²) in [6, 6.07) is 15.3. The van der Waals surface area contributed by atoms with Crippen LogP contribution in [-0.2, 0) is 20.9 Å². The molecule has 0 bridgehead atoms. The predicted octanol–water partition coefficient (Wildman–Crippen LogP) is 3.76. The average Bonchev–Trinajstić information content (AvgIpc) is 2.62. The van der Waals surface area contributed by atoms with Crippen molar-refractivity contribution < 1.29 is 14.3 Å². The van der Waals surface area contributed by atoms with E-state index in [9.17, 15) is 9.59 Å². The fourth-order valence-corrected chi connectivity index (χ4v) is 2.90. The van der Waals surface area contributed by atoms with Gasteiger partial charge in [0.1, 0.15) is 6.10 Å². The first-order chi connectivity index (χ1) is 12.4. The number of ether oxygens (including phenoxy) is 1. The number of nitrogens with one attached hydrogen (secondary N) is 1. The third kappa shape index (κ3) is 5.97. The molecule has 1 atom stereocenters. The summed E-state index contributed by atoms with van der Waals surface area (Å²) in [5.41, 5.74) is 2.67. The zero-order valence-corrected chi connectivity index (χ0v) is 16.7. The minimum Gasteiger partial charge on any atom is -0.364 e. The molecule has 0 heterocycles. The van der Waals surface area contributed by atoms with Crippen LogP contribution in [0.1, 0.15) is 18.1 Å². The van der Waals surface area contributed by atoms with Crippen LogP contribution in [0.3, 0.4) is 0 Å². The number of carbonyl (C=O) groups is 2. The molecular formula is C20H23BrN2O3. The topological polar surface area (TPSA) is 58.6 Å². The lowest BCUT2D eigenvalue weighted by Gasteiger charge is -2.21. The van der Waals surface area contributed by atoms with Crippen molar-refractivity contribution in [3.05, 3.63) is 64.1 Å². The molecule has 1 N–H and O–H groups in total. The Hall–Kier alpha value is -2.18. The second-order valence-electron chi connectivity index (χ2n) is 6.14. The molecule has 0 aliphatic heterocycles. The first-order valence-electron chi connectivity index (χ1n) is 8.33. The van der Waals surface area contributed by atoms with Crippen molar-refractivity contribution in [2.75, 3.05) is 18.9 Å². The quantitative estimate of drug-likeness (QED) is 0.744. The Morgan fingerprint density at radius 2 is 1.88 bits per heavy atom. The van der Waals surface area contributed by atoms with Crippen LogP contribution in [-0.4, -0.2) is 36.4 Å². The normalized spacial score (nSPS) is 11.7. The van der Waals surface area contributed by atoms with E-state index in [0.717, 1.165) is 21.3 Å². The molecule has 0 radical (unpaired) electrons. The van der Waals surface area contributed by atoms with E-state index in [0.29, 0.717) is 6.61 Å². The van der Waals surface area contributed by atoms with Gasteiger partial charge in [0.05, 0.1) is 13.2 Å². The van der Waals surface area contributed by atoms with Gasteiger partial charge < -0.3 is 15.0 Å². The molecule has 0 saturated heterocycles. The lowest BCUT2D eigenvalue weighted by Crippen LogP contribution is -2.40. The van der Waals surface area contributed by atoms with Gasteiger partial charge in [-0.1, -0.05) is 46.3 Å². The number of hydrogen-bond acceptors (Lipinski definition) is 3. The molecule has 2 amide bonds. The van der Waals surface area contributed by atoms with Crippen LogP contribution in [0.5, 0.6) is 0 Å². The highest BCUT2D eigenvalue weighted by Crippen LogP contribution is 2.20. The number of amides is 2. The monoisotopic (exact) mass is 418 g/mol. The molecule has 0 aliphatic carbocycles. The summed E-state index contributed by atoms with van der Waals surface area (Å²) in [4.78, 5) is 26.0. The second-order valence-corrected chi connectivity index (χ2v) is 7.06. The highest BCUT2D eigenvalue weighted by Gasteiger charge is 2.20. The van der Waals surface area contributed by atoms with Gasteiger partial charge in [-0.25, -0.2) is 0 Å². The molecule has 6 heteroatoms. The van der Waals surface area contributed by atoms with E-state index in [4.69, 9.17) is 4.74 Å². The fraction of sp³-hybridized carbons (Fsp3) is 0.300. The molecule has 2 aromatic carbocycles. The van der Waals surface area contributed by atoms with E-state index in [1.54, 1.807) is 14.0 Å². The highest BCUT2D eigenvalue weighted by molar-refractivity contribution is 9.10. The van der Waals surface area contributed by atoms with Crippen molar-refractivity contribution in [1.82, 2.24) is 4.90 Å². The average molecular weight is 419 g/mol. The zero-order valence-electron chi connectivity index (χ0n) is 15.2. The number of benzene rings is 2. The minimum atomic E-state index is -0.623. The van der Waals surface area contributed by atoms with Crippen LogP contribution in [0.4, 0.5) is 5.69 Å². The van der Waals surface area contributed by atoms with Crippen LogP contribution in [0.25, 0.3) is 0 Å². The summed E-state index contributed by atoms with van der Waals surface area (Å²) >= 11 is 3.39. The number of carbonyl (C=O) groups excluding carboxylic acids is 2. The van der Waals surface area contributed by atoms with Gasteiger partial charge in [0.25, 0.3) is 5.91 Å². The van der Waals surface area contributed by atoms with E-state index >= 15 is 0 Å². The third-order valence-corrected chi connectivity index (χ3v) is 4.40.